The van der Waals surface area contributed by atoms with Crippen LogP contribution in [0.5, 0.6) is 0 Å². The van der Waals surface area contributed by atoms with Gasteiger partial charge in [0.15, 0.2) is 0 Å². The SMILES string of the molecule is CC(C)(C)[NH-].CC1=[C-]C(C)C(C)=C1C.CO.Cl.Cl.[CH2-]CO.[CH3-].[SiH2]=[Zr]. The molecule has 0 spiro atoms. The number of nitrogens with one attached hydrogen (secondary N) is 1. The number of halogens is 2. The molecule has 1 unspecified atom stereocenters. The topological polar surface area (TPSA) is 64.3 Å². The Morgan fingerprint density at radius 3 is 1.42 bits per heavy atom. The van der Waals surface area contributed by atoms with Crippen LogP contribution >= 0.6 is 24.8 Å². The maximum atomic E-state index is 7.46. The molecule has 0 radical (unpaired) electrons. The van der Waals surface area contributed by atoms with Crippen molar-refractivity contribution < 1.29 is 33.5 Å². The zero-order chi connectivity index (χ0) is 18.2. The van der Waals surface area contributed by atoms with Crippen LogP contribution in [-0.2, 0) is 23.3 Å². The van der Waals surface area contributed by atoms with Gasteiger partial charge in [-0.25, -0.2) is 5.57 Å². The molecule has 1 aliphatic rings. The van der Waals surface area contributed by atoms with Crippen molar-refractivity contribution in [2.45, 2.75) is 54.0 Å². The summed E-state index contributed by atoms with van der Waals surface area (Å²) >= 11 is 1.58. The van der Waals surface area contributed by atoms with Crippen molar-refractivity contribution in [3.63, 3.8) is 0 Å². The maximum absolute atomic E-state index is 7.46. The molecular formula is C17H39Cl2NO2SiZr-4. The van der Waals surface area contributed by atoms with Crippen molar-refractivity contribution in [3.05, 3.63) is 42.9 Å². The molecule has 1 rings (SSSR count). The van der Waals surface area contributed by atoms with Crippen molar-refractivity contribution in [2.75, 3.05) is 13.7 Å². The fourth-order valence-corrected chi connectivity index (χ4v) is 1.16. The molecule has 150 valence electrons. The van der Waals surface area contributed by atoms with Crippen LogP contribution in [0.1, 0.15) is 48.5 Å². The minimum atomic E-state index is -0.250. The zero-order valence-corrected chi connectivity index (χ0v) is 22.4. The van der Waals surface area contributed by atoms with Crippen LogP contribution < -0.4 is 0 Å². The summed E-state index contributed by atoms with van der Waals surface area (Å²) in [6, 6.07) is 0. The van der Waals surface area contributed by atoms with Crippen molar-refractivity contribution in [1.82, 2.24) is 0 Å². The Bertz CT molecular complexity index is 301. The van der Waals surface area contributed by atoms with E-state index >= 15 is 0 Å². The first-order valence-corrected chi connectivity index (χ1v) is 12.7. The fraction of sp³-hybridized carbons (Fsp3) is 0.647. The van der Waals surface area contributed by atoms with Crippen LogP contribution in [0, 0.1) is 26.3 Å². The Morgan fingerprint density at radius 2 is 1.38 bits per heavy atom. The number of aliphatic hydroxyl groups excluding tert-OH is 2. The Labute approximate surface area is 181 Å². The third-order valence-corrected chi connectivity index (χ3v) is 2.24. The zero-order valence-electron chi connectivity index (χ0n) is 16.9. The predicted octanol–water partition coefficient (Wildman–Crippen LogP) is 4.36. The average molecular weight is 480 g/mol. The van der Waals surface area contributed by atoms with Gasteiger partial charge in [0.25, 0.3) is 0 Å². The molecule has 7 heteroatoms. The van der Waals surface area contributed by atoms with Gasteiger partial charge >= 0.3 is 30.2 Å². The molecule has 0 amide bonds. The second kappa shape index (κ2) is 28.8. The Kier molecular flexibility index (Phi) is 53.4. The van der Waals surface area contributed by atoms with Gasteiger partial charge in [-0.05, 0) is 0 Å². The third kappa shape index (κ3) is 38.5. The summed E-state index contributed by atoms with van der Waals surface area (Å²) in [4.78, 5) is 0. The van der Waals surface area contributed by atoms with Crippen LogP contribution in [0.4, 0.5) is 0 Å². The molecule has 0 heterocycles. The van der Waals surface area contributed by atoms with Gasteiger partial charge in [0.1, 0.15) is 0 Å². The fourth-order valence-electron chi connectivity index (χ4n) is 1.16. The molecule has 1 aliphatic carbocycles. The van der Waals surface area contributed by atoms with E-state index in [-0.39, 0.29) is 44.4 Å². The molecule has 0 aromatic heterocycles. The van der Waals surface area contributed by atoms with E-state index in [1.165, 1.54) is 16.7 Å². The second-order valence-electron chi connectivity index (χ2n) is 5.27. The molecule has 0 saturated carbocycles. The van der Waals surface area contributed by atoms with E-state index < -0.39 is 0 Å². The van der Waals surface area contributed by atoms with E-state index in [2.05, 4.69) is 40.7 Å². The van der Waals surface area contributed by atoms with Gasteiger partial charge in [-0.15, -0.1) is 37.3 Å². The number of hydrogen-bond donors (Lipinski definition) is 2. The molecule has 0 aromatic rings. The van der Waals surface area contributed by atoms with E-state index in [1.807, 2.05) is 27.7 Å². The van der Waals surface area contributed by atoms with Gasteiger partial charge in [0.2, 0.25) is 0 Å². The number of allylic oxidation sites excluding steroid dienone is 4. The second-order valence-corrected chi connectivity index (χ2v) is 5.27. The average Bonchev–Trinajstić information content (AvgIpc) is 2.60. The molecule has 0 aromatic carbocycles. The van der Waals surface area contributed by atoms with Crippen molar-refractivity contribution >= 4 is 31.7 Å². The van der Waals surface area contributed by atoms with Crippen LogP contribution in [0.3, 0.4) is 0 Å². The summed E-state index contributed by atoms with van der Waals surface area (Å²) in [5.74, 6) is 0.560. The normalized spacial score (nSPS) is 13.8. The van der Waals surface area contributed by atoms with Crippen LogP contribution in [0.2, 0.25) is 0 Å². The summed E-state index contributed by atoms with van der Waals surface area (Å²) in [7, 11) is 1.00. The molecule has 0 saturated heterocycles. The van der Waals surface area contributed by atoms with Crippen LogP contribution in [0.15, 0.2) is 16.7 Å². The molecule has 3 nitrogen and oxygen atoms in total. The summed E-state index contributed by atoms with van der Waals surface area (Å²) in [6.45, 7) is 19.2. The molecule has 0 bridgehead atoms. The van der Waals surface area contributed by atoms with Gasteiger partial charge in [-0.2, -0.15) is 11.1 Å². The van der Waals surface area contributed by atoms with Crippen LogP contribution in [0.25, 0.3) is 5.73 Å². The van der Waals surface area contributed by atoms with Gasteiger partial charge in [0.05, 0.1) is 0 Å². The Hall–Kier alpha value is 1.04. The monoisotopic (exact) mass is 477 g/mol. The van der Waals surface area contributed by atoms with E-state index in [1.54, 1.807) is 23.3 Å². The standard InChI is InChI=1S/C9H13.C4H10N.C2H5O.CH4O.CH3.2ClH.H2Si.Zr/c1-6-5-7(2)9(4)8(6)3;1-4(2,3)5;1-2-3;1-2;;;;;/h6H,1-4H3;5H,1-3H3;3H,1-2H2;2H,1H3;1H3;2*1H;1H2;/q3*-1;;-1;;;;. The van der Waals surface area contributed by atoms with E-state index in [4.69, 9.17) is 15.9 Å². The quantitative estimate of drug-likeness (QED) is 0.401. The predicted molar refractivity (Wildman–Crippen MR) is 114 cm³/mol. The number of hydrogen-bond acceptors (Lipinski definition) is 2. The van der Waals surface area contributed by atoms with Crippen LogP contribution in [-0.4, -0.2) is 36.3 Å². The van der Waals surface area contributed by atoms with Gasteiger partial charge in [-0.3, -0.25) is 6.08 Å². The summed E-state index contributed by atoms with van der Waals surface area (Å²) in [5, 5.41) is 14.5. The van der Waals surface area contributed by atoms with Crippen molar-refractivity contribution in [2.24, 2.45) is 5.92 Å². The third-order valence-electron chi connectivity index (χ3n) is 2.24. The van der Waals surface area contributed by atoms with E-state index in [0.717, 1.165) is 7.11 Å². The first-order chi connectivity index (χ1) is 9.54. The van der Waals surface area contributed by atoms with E-state index in [9.17, 15) is 0 Å². The molecule has 3 N–H and O–H groups in total. The van der Waals surface area contributed by atoms with Gasteiger partial charge in [0, 0.05) is 7.11 Å². The molecule has 24 heavy (non-hydrogen) atoms. The minimum absolute atomic E-state index is 0. The number of rotatable bonds is 0. The molecule has 0 aliphatic heterocycles. The van der Waals surface area contributed by atoms with Crippen molar-refractivity contribution in [3.8, 4) is 0 Å². The van der Waals surface area contributed by atoms with Gasteiger partial charge < -0.3 is 30.3 Å². The van der Waals surface area contributed by atoms with Crippen molar-refractivity contribution in [1.29, 1.82) is 0 Å². The Balaban J connectivity index is -0.0000000339. The summed E-state index contributed by atoms with van der Waals surface area (Å²) < 4.78 is 0. The molecule has 1 atom stereocenters. The number of aliphatic hydroxyl groups is 2. The molecular weight excluding hydrogens is 440 g/mol. The first kappa shape index (κ1) is 44.5. The Morgan fingerprint density at radius 1 is 1.17 bits per heavy atom. The first-order valence-electron chi connectivity index (χ1n) is 6.77. The summed E-state index contributed by atoms with van der Waals surface area (Å²) in [5.41, 5.74) is 10.9. The summed E-state index contributed by atoms with van der Waals surface area (Å²) in [6.07, 6.45) is 3.36. The molecule has 0 fully saturated rings. The van der Waals surface area contributed by atoms with Gasteiger partial charge in [-0.1, -0.05) is 54.1 Å². The van der Waals surface area contributed by atoms with E-state index in [0.29, 0.717) is 5.92 Å².